The number of hydrogen-bond donors (Lipinski definition) is 1. The van der Waals surface area contributed by atoms with Gasteiger partial charge in [-0.1, -0.05) is 24.4 Å². The van der Waals surface area contributed by atoms with Gasteiger partial charge < -0.3 is 5.73 Å². The van der Waals surface area contributed by atoms with E-state index < -0.39 is 11.6 Å². The Bertz CT molecular complexity index is 369. The van der Waals surface area contributed by atoms with Crippen LogP contribution in [0.15, 0.2) is 10.2 Å². The van der Waals surface area contributed by atoms with Gasteiger partial charge in [0.25, 0.3) is 0 Å². The lowest BCUT2D eigenvalue weighted by atomic mass is 9.91. The van der Waals surface area contributed by atoms with Crippen molar-refractivity contribution in [2.75, 3.05) is 0 Å². The minimum atomic E-state index is -0.963. The van der Waals surface area contributed by atoms with Gasteiger partial charge in [-0.05, 0) is 26.7 Å². The molecule has 1 aliphatic rings. The second-order valence-electron chi connectivity index (χ2n) is 4.67. The molecule has 0 aromatic rings. The summed E-state index contributed by atoms with van der Waals surface area (Å²) in [4.78, 5) is 10.0. The Labute approximate surface area is 107 Å². The molecule has 2 N–H and O–H groups in total. The normalized spacial score (nSPS) is 16.2. The Kier molecular flexibility index (Phi) is 7.30. The highest BCUT2D eigenvalue weighted by Gasteiger charge is 2.14. The molecule has 1 fully saturated rings. The van der Waals surface area contributed by atoms with Crippen molar-refractivity contribution in [3.05, 3.63) is 0 Å². The third-order valence-electron chi connectivity index (χ3n) is 2.46. The summed E-state index contributed by atoms with van der Waals surface area (Å²) < 4.78 is 0. The molecule has 0 aromatic carbocycles. The summed E-state index contributed by atoms with van der Waals surface area (Å²) in [5.74, 6) is 0.392. The topological polar surface area (TPSA) is 115 Å². The van der Waals surface area contributed by atoms with Crippen LogP contribution >= 0.6 is 0 Å². The van der Waals surface area contributed by atoms with Gasteiger partial charge in [0.15, 0.2) is 5.54 Å². The second-order valence-corrected chi connectivity index (χ2v) is 4.67. The predicted molar refractivity (Wildman–Crippen MR) is 66.3 cm³/mol. The van der Waals surface area contributed by atoms with Crippen LogP contribution in [0.2, 0.25) is 0 Å². The molecular weight excluding hydrogens is 230 g/mol. The number of carbonyl (C=O) groups excluding carboxylic acids is 1. The van der Waals surface area contributed by atoms with Gasteiger partial charge in [-0.3, -0.25) is 0 Å². The number of hydrogen-bond acceptors (Lipinski definition) is 4. The molecular formula is C12H19N5O. The molecule has 0 heterocycles. The number of primary amides is 1. The van der Waals surface area contributed by atoms with E-state index in [9.17, 15) is 4.79 Å². The van der Waals surface area contributed by atoms with Gasteiger partial charge in [0.2, 0.25) is 0 Å². The Balaban J connectivity index is 0.000000327. The summed E-state index contributed by atoms with van der Waals surface area (Å²) in [5.41, 5.74) is 3.68. The molecule has 18 heavy (non-hydrogen) atoms. The highest BCUT2D eigenvalue weighted by molar-refractivity contribution is 5.71. The molecule has 0 saturated heterocycles. The number of nitrogens with two attached hydrogens (primary N) is 1. The van der Waals surface area contributed by atoms with Gasteiger partial charge in [-0.2, -0.15) is 15.6 Å². The SMILES string of the molecule is CC(C)(C#N)/N=N/C(N)=O.N#CC1CCCCC1. The summed E-state index contributed by atoms with van der Waals surface area (Å²) >= 11 is 0. The number of amides is 2. The van der Waals surface area contributed by atoms with Gasteiger partial charge in [-0.15, -0.1) is 0 Å². The second kappa shape index (κ2) is 8.19. The zero-order valence-electron chi connectivity index (χ0n) is 10.9. The quantitative estimate of drug-likeness (QED) is 0.720. The Hall–Kier alpha value is -1.95. The van der Waals surface area contributed by atoms with E-state index in [1.807, 2.05) is 6.07 Å². The van der Waals surface area contributed by atoms with Crippen molar-refractivity contribution in [2.45, 2.75) is 51.5 Å². The molecule has 0 unspecified atom stereocenters. The number of carbonyl (C=O) groups is 1. The lowest BCUT2D eigenvalue weighted by Gasteiger charge is -2.13. The van der Waals surface area contributed by atoms with Crippen LogP contribution in [-0.2, 0) is 0 Å². The molecule has 2 amide bonds. The predicted octanol–water partition coefficient (Wildman–Crippen LogP) is 2.91. The minimum absolute atomic E-state index is 0.392. The van der Waals surface area contributed by atoms with E-state index in [0.29, 0.717) is 5.92 Å². The molecule has 6 heteroatoms. The van der Waals surface area contributed by atoms with Gasteiger partial charge in [-0.25, -0.2) is 4.79 Å². The molecule has 1 saturated carbocycles. The number of nitrogens with zero attached hydrogens (tertiary/aromatic N) is 4. The van der Waals surface area contributed by atoms with Crippen LogP contribution in [0, 0.1) is 28.6 Å². The Morgan fingerprint density at radius 2 is 1.83 bits per heavy atom. The van der Waals surface area contributed by atoms with E-state index in [2.05, 4.69) is 22.0 Å². The first-order chi connectivity index (χ1) is 8.41. The van der Waals surface area contributed by atoms with Crippen LogP contribution in [0.25, 0.3) is 0 Å². The Morgan fingerprint density at radius 1 is 1.28 bits per heavy atom. The van der Waals surface area contributed by atoms with Crippen molar-refractivity contribution in [1.82, 2.24) is 0 Å². The average Bonchev–Trinajstić information content (AvgIpc) is 2.38. The maximum atomic E-state index is 10.0. The first-order valence-corrected chi connectivity index (χ1v) is 5.94. The van der Waals surface area contributed by atoms with E-state index in [-0.39, 0.29) is 0 Å². The van der Waals surface area contributed by atoms with E-state index in [1.165, 1.54) is 33.1 Å². The van der Waals surface area contributed by atoms with Gasteiger partial charge >= 0.3 is 6.03 Å². The maximum Gasteiger partial charge on any atom is 0.356 e. The zero-order chi connectivity index (χ0) is 14.0. The van der Waals surface area contributed by atoms with Crippen LogP contribution in [0.3, 0.4) is 0 Å². The summed E-state index contributed by atoms with van der Waals surface area (Å²) in [6.45, 7) is 3.05. The van der Waals surface area contributed by atoms with Crippen LogP contribution in [0.1, 0.15) is 46.0 Å². The first-order valence-electron chi connectivity index (χ1n) is 5.94. The van der Waals surface area contributed by atoms with Gasteiger partial charge in [0.1, 0.15) is 0 Å². The number of rotatable bonds is 1. The van der Waals surface area contributed by atoms with Crippen LogP contribution < -0.4 is 5.73 Å². The lowest BCUT2D eigenvalue weighted by molar-refractivity contribution is 0.254. The first kappa shape index (κ1) is 16.1. The van der Waals surface area contributed by atoms with E-state index in [4.69, 9.17) is 10.5 Å². The number of nitriles is 2. The zero-order valence-corrected chi connectivity index (χ0v) is 10.9. The number of urea groups is 1. The summed E-state index contributed by atoms with van der Waals surface area (Å²) in [5, 5.41) is 23.2. The summed E-state index contributed by atoms with van der Waals surface area (Å²) in [6, 6.07) is 3.25. The van der Waals surface area contributed by atoms with E-state index >= 15 is 0 Å². The highest BCUT2D eigenvalue weighted by atomic mass is 16.2. The number of azo groups is 1. The molecule has 98 valence electrons. The third-order valence-corrected chi connectivity index (χ3v) is 2.46. The van der Waals surface area contributed by atoms with Crippen molar-refractivity contribution in [1.29, 1.82) is 10.5 Å². The monoisotopic (exact) mass is 249 g/mol. The van der Waals surface area contributed by atoms with Crippen LogP contribution in [-0.4, -0.2) is 11.6 Å². The third kappa shape index (κ3) is 8.23. The molecule has 1 rings (SSSR count). The van der Waals surface area contributed by atoms with Crippen LogP contribution in [0.5, 0.6) is 0 Å². The highest BCUT2D eigenvalue weighted by Crippen LogP contribution is 2.22. The Morgan fingerprint density at radius 3 is 2.17 bits per heavy atom. The smallest absolute Gasteiger partial charge is 0.348 e. The largest absolute Gasteiger partial charge is 0.356 e. The molecule has 0 atom stereocenters. The van der Waals surface area contributed by atoms with E-state index in [0.717, 1.165) is 12.8 Å². The molecule has 0 radical (unpaired) electrons. The molecule has 0 spiro atoms. The van der Waals surface area contributed by atoms with Crippen molar-refractivity contribution < 1.29 is 4.79 Å². The molecule has 1 aliphatic carbocycles. The molecule has 0 bridgehead atoms. The van der Waals surface area contributed by atoms with Gasteiger partial charge in [0, 0.05) is 5.92 Å². The summed E-state index contributed by atoms with van der Waals surface area (Å²) in [7, 11) is 0. The fraction of sp³-hybridized carbons (Fsp3) is 0.750. The lowest BCUT2D eigenvalue weighted by Crippen LogP contribution is -2.13. The standard InChI is InChI=1S/C7H11N.C5H8N4O/c8-6-7-4-2-1-3-5-7;1-5(2,3-6)9-8-4(7)10/h7H,1-5H2;1-2H3,(H2,7,10)/b;9-8+. The van der Waals surface area contributed by atoms with E-state index in [1.54, 1.807) is 0 Å². The summed E-state index contributed by atoms with van der Waals surface area (Å²) in [6.07, 6.45) is 6.20. The van der Waals surface area contributed by atoms with Crippen molar-refractivity contribution in [3.63, 3.8) is 0 Å². The average molecular weight is 249 g/mol. The molecule has 0 aliphatic heterocycles. The fourth-order valence-electron chi connectivity index (χ4n) is 1.43. The molecule has 0 aromatic heterocycles. The van der Waals surface area contributed by atoms with Gasteiger partial charge in [0.05, 0.1) is 12.1 Å². The molecule has 6 nitrogen and oxygen atoms in total. The van der Waals surface area contributed by atoms with Crippen molar-refractivity contribution >= 4 is 6.03 Å². The van der Waals surface area contributed by atoms with Crippen LogP contribution in [0.4, 0.5) is 4.79 Å². The van der Waals surface area contributed by atoms with Crippen molar-refractivity contribution in [3.8, 4) is 12.1 Å². The minimum Gasteiger partial charge on any atom is -0.348 e. The fourth-order valence-corrected chi connectivity index (χ4v) is 1.43. The van der Waals surface area contributed by atoms with Crippen molar-refractivity contribution in [2.24, 2.45) is 21.9 Å². The maximum absolute atomic E-state index is 10.0.